The molecule has 88 valence electrons. The van der Waals surface area contributed by atoms with Crippen molar-refractivity contribution in [2.45, 2.75) is 25.6 Å². The highest BCUT2D eigenvalue weighted by molar-refractivity contribution is 5.87. The van der Waals surface area contributed by atoms with Gasteiger partial charge in [-0.25, -0.2) is 0 Å². The molecule has 2 heterocycles. The van der Waals surface area contributed by atoms with E-state index in [1.54, 1.807) is 12.1 Å². The summed E-state index contributed by atoms with van der Waals surface area (Å²) in [5, 5.41) is 10.6. The molecule has 1 aromatic heterocycles. The Kier molecular flexibility index (Phi) is 2.19. The topological polar surface area (TPSA) is 65.6 Å². The normalized spacial score (nSPS) is 22.9. The molecule has 0 aliphatic carbocycles. The van der Waals surface area contributed by atoms with E-state index < -0.39 is 0 Å². The Morgan fingerprint density at radius 2 is 2.18 bits per heavy atom. The Morgan fingerprint density at radius 3 is 2.88 bits per heavy atom. The predicted molar refractivity (Wildman–Crippen MR) is 64.1 cm³/mol. The monoisotopic (exact) mass is 231 g/mol. The van der Waals surface area contributed by atoms with Crippen LogP contribution in [0.25, 0.3) is 10.9 Å². The number of epoxide rings is 1. The summed E-state index contributed by atoms with van der Waals surface area (Å²) in [6.07, 6.45) is 1.32. The molecule has 1 aromatic carbocycles. The van der Waals surface area contributed by atoms with Gasteiger partial charge in [-0.05, 0) is 24.1 Å². The number of H-pyrrole nitrogens is 1. The van der Waals surface area contributed by atoms with E-state index in [1.165, 1.54) is 6.07 Å². The molecule has 2 unspecified atom stereocenters. The molecule has 1 fully saturated rings. The molecule has 4 heteroatoms. The van der Waals surface area contributed by atoms with Crippen molar-refractivity contribution in [3.63, 3.8) is 0 Å². The minimum atomic E-state index is -0.214. The van der Waals surface area contributed by atoms with Gasteiger partial charge in [0.25, 0.3) is 0 Å². The van der Waals surface area contributed by atoms with Gasteiger partial charge in [0.2, 0.25) is 5.56 Å². The number of aromatic nitrogens is 1. The van der Waals surface area contributed by atoms with E-state index in [4.69, 9.17) is 4.74 Å². The lowest BCUT2D eigenvalue weighted by atomic mass is 10.0. The zero-order chi connectivity index (χ0) is 12.0. The molecule has 1 aliphatic rings. The zero-order valence-corrected chi connectivity index (χ0v) is 9.43. The number of benzene rings is 1. The molecule has 0 amide bonds. The van der Waals surface area contributed by atoms with Crippen LogP contribution in [-0.4, -0.2) is 16.2 Å². The van der Waals surface area contributed by atoms with Crippen LogP contribution in [0.1, 0.15) is 25.0 Å². The number of phenols is 1. The molecule has 0 radical (unpaired) electrons. The Hall–Kier alpha value is -1.81. The fourth-order valence-corrected chi connectivity index (χ4v) is 2.23. The maximum Gasteiger partial charge on any atom is 0.248 e. The fourth-order valence-electron chi connectivity index (χ4n) is 2.23. The van der Waals surface area contributed by atoms with Crippen molar-refractivity contribution in [3.8, 4) is 5.75 Å². The minimum Gasteiger partial charge on any atom is -0.506 e. The van der Waals surface area contributed by atoms with Crippen LogP contribution < -0.4 is 5.56 Å². The average Bonchev–Trinajstić information content (AvgIpc) is 3.09. The number of aromatic hydroxyl groups is 1. The highest BCUT2D eigenvalue weighted by atomic mass is 16.6. The SMILES string of the molecule is CCC1OC1c1ccc(O)c2[nH]c(=O)ccc12. The first-order valence-corrected chi connectivity index (χ1v) is 5.71. The van der Waals surface area contributed by atoms with Crippen LogP contribution in [0.2, 0.25) is 0 Å². The number of pyridine rings is 1. The quantitative estimate of drug-likeness (QED) is 0.778. The molecular weight excluding hydrogens is 218 g/mol. The first-order chi connectivity index (χ1) is 8.20. The molecule has 2 N–H and O–H groups in total. The predicted octanol–water partition coefficient (Wildman–Crippen LogP) is 2.08. The van der Waals surface area contributed by atoms with Crippen LogP contribution >= 0.6 is 0 Å². The largest absolute Gasteiger partial charge is 0.506 e. The van der Waals surface area contributed by atoms with E-state index >= 15 is 0 Å². The van der Waals surface area contributed by atoms with Gasteiger partial charge in [-0.1, -0.05) is 13.0 Å². The molecule has 0 saturated carbocycles. The lowest BCUT2D eigenvalue weighted by molar-refractivity contribution is 0.371. The van der Waals surface area contributed by atoms with Gasteiger partial charge in [-0.3, -0.25) is 4.79 Å². The first kappa shape index (κ1) is 10.4. The fraction of sp³-hybridized carbons (Fsp3) is 0.308. The number of hydrogen-bond donors (Lipinski definition) is 2. The zero-order valence-electron chi connectivity index (χ0n) is 9.43. The van der Waals surface area contributed by atoms with Crippen molar-refractivity contribution in [3.05, 3.63) is 40.2 Å². The average molecular weight is 231 g/mol. The van der Waals surface area contributed by atoms with E-state index in [2.05, 4.69) is 11.9 Å². The Balaban J connectivity index is 2.20. The summed E-state index contributed by atoms with van der Waals surface area (Å²) in [4.78, 5) is 13.9. The van der Waals surface area contributed by atoms with Crippen molar-refractivity contribution >= 4 is 10.9 Å². The number of nitrogens with one attached hydrogen (secondary N) is 1. The second kappa shape index (κ2) is 3.60. The lowest BCUT2D eigenvalue weighted by Crippen LogP contribution is -2.03. The summed E-state index contributed by atoms with van der Waals surface area (Å²) in [5.74, 6) is 0.0927. The lowest BCUT2D eigenvalue weighted by Gasteiger charge is -2.05. The molecule has 1 aliphatic heterocycles. The third-order valence-electron chi connectivity index (χ3n) is 3.20. The van der Waals surface area contributed by atoms with Crippen molar-refractivity contribution in [2.24, 2.45) is 0 Å². The number of hydrogen-bond acceptors (Lipinski definition) is 3. The molecular formula is C13H13NO3. The number of ether oxygens (including phenoxy) is 1. The molecule has 3 rings (SSSR count). The van der Waals surface area contributed by atoms with Crippen LogP contribution in [0.4, 0.5) is 0 Å². The van der Waals surface area contributed by atoms with Crippen molar-refractivity contribution < 1.29 is 9.84 Å². The summed E-state index contributed by atoms with van der Waals surface area (Å²) < 4.78 is 5.56. The summed E-state index contributed by atoms with van der Waals surface area (Å²) >= 11 is 0. The number of phenolic OH excluding ortho intramolecular Hbond substituents is 1. The van der Waals surface area contributed by atoms with Gasteiger partial charge in [-0.15, -0.1) is 0 Å². The van der Waals surface area contributed by atoms with Crippen molar-refractivity contribution in [1.29, 1.82) is 0 Å². The van der Waals surface area contributed by atoms with Crippen LogP contribution in [0, 0.1) is 0 Å². The van der Waals surface area contributed by atoms with Gasteiger partial charge in [-0.2, -0.15) is 0 Å². The Bertz CT molecular complexity index is 632. The Morgan fingerprint density at radius 1 is 1.35 bits per heavy atom. The molecule has 17 heavy (non-hydrogen) atoms. The van der Waals surface area contributed by atoms with E-state index in [0.717, 1.165) is 17.4 Å². The summed E-state index contributed by atoms with van der Waals surface area (Å²) in [7, 11) is 0. The van der Waals surface area contributed by atoms with Crippen LogP contribution in [-0.2, 0) is 4.74 Å². The van der Waals surface area contributed by atoms with Gasteiger partial charge >= 0.3 is 0 Å². The molecule has 2 atom stereocenters. The maximum atomic E-state index is 11.3. The van der Waals surface area contributed by atoms with Gasteiger partial charge < -0.3 is 14.8 Å². The number of aromatic amines is 1. The molecule has 0 bridgehead atoms. The van der Waals surface area contributed by atoms with E-state index in [-0.39, 0.29) is 23.5 Å². The van der Waals surface area contributed by atoms with Crippen LogP contribution in [0.15, 0.2) is 29.1 Å². The van der Waals surface area contributed by atoms with Crippen LogP contribution in [0.3, 0.4) is 0 Å². The highest BCUT2D eigenvalue weighted by Crippen LogP contribution is 2.44. The van der Waals surface area contributed by atoms with E-state index in [1.807, 2.05) is 6.07 Å². The van der Waals surface area contributed by atoms with Gasteiger partial charge in [0.1, 0.15) is 11.9 Å². The van der Waals surface area contributed by atoms with Gasteiger partial charge in [0.05, 0.1) is 11.6 Å². The first-order valence-electron chi connectivity index (χ1n) is 5.71. The second-order valence-electron chi connectivity index (χ2n) is 4.29. The molecule has 4 nitrogen and oxygen atoms in total. The summed E-state index contributed by atoms with van der Waals surface area (Å²) in [5.41, 5.74) is 1.30. The van der Waals surface area contributed by atoms with E-state index in [9.17, 15) is 9.90 Å². The summed E-state index contributed by atoms with van der Waals surface area (Å²) in [6, 6.07) is 6.66. The molecule has 2 aromatic rings. The third-order valence-corrected chi connectivity index (χ3v) is 3.20. The number of fused-ring (bicyclic) bond motifs is 1. The molecule has 0 spiro atoms. The number of rotatable bonds is 2. The Labute approximate surface area is 97.9 Å². The minimum absolute atomic E-state index is 0.0917. The maximum absolute atomic E-state index is 11.3. The van der Waals surface area contributed by atoms with Gasteiger partial charge in [0, 0.05) is 11.5 Å². The standard InChI is InChI=1S/C13H13NO3/c1-2-10-13(17-10)8-3-5-9(15)12-7(8)4-6-11(16)14-12/h3-6,10,13,15H,2H2,1H3,(H,14,16). The highest BCUT2D eigenvalue weighted by Gasteiger charge is 2.39. The van der Waals surface area contributed by atoms with Gasteiger partial charge in [0.15, 0.2) is 0 Å². The van der Waals surface area contributed by atoms with E-state index in [0.29, 0.717) is 5.52 Å². The molecule has 1 saturated heterocycles. The smallest absolute Gasteiger partial charge is 0.248 e. The summed E-state index contributed by atoms with van der Waals surface area (Å²) in [6.45, 7) is 2.08. The van der Waals surface area contributed by atoms with Crippen molar-refractivity contribution in [1.82, 2.24) is 4.98 Å². The second-order valence-corrected chi connectivity index (χ2v) is 4.29. The van der Waals surface area contributed by atoms with Crippen LogP contribution in [0.5, 0.6) is 5.75 Å². The van der Waals surface area contributed by atoms with Crippen molar-refractivity contribution in [2.75, 3.05) is 0 Å². The third kappa shape index (κ3) is 1.61.